The van der Waals surface area contributed by atoms with Gasteiger partial charge in [-0.15, -0.1) is 0 Å². The highest BCUT2D eigenvalue weighted by atomic mass is 19.2. The molecule has 5 heteroatoms. The molecule has 24 heavy (non-hydrogen) atoms. The van der Waals surface area contributed by atoms with Crippen molar-refractivity contribution in [2.45, 2.75) is 47.1 Å². The molecular formula is C19H24F2N2O. The number of nitrogens with one attached hydrogen (secondary N) is 1. The Balaban J connectivity index is 2.46. The molecule has 0 fully saturated rings. The normalized spacial score (nSPS) is 10.9. The molecule has 130 valence electrons. The summed E-state index contributed by atoms with van der Waals surface area (Å²) in [7, 11) is 0. The van der Waals surface area contributed by atoms with Crippen LogP contribution >= 0.6 is 0 Å². The molecule has 0 atom stereocenters. The molecule has 3 nitrogen and oxygen atoms in total. The van der Waals surface area contributed by atoms with Crippen molar-refractivity contribution in [3.05, 3.63) is 57.9 Å². The van der Waals surface area contributed by atoms with Gasteiger partial charge in [-0.2, -0.15) is 0 Å². The minimum Gasteiger partial charge on any atom is -0.351 e. The first-order chi connectivity index (χ1) is 11.4. The highest BCUT2D eigenvalue weighted by Gasteiger charge is 2.21. The highest BCUT2D eigenvalue weighted by Crippen LogP contribution is 2.24. The van der Waals surface area contributed by atoms with Crippen molar-refractivity contribution < 1.29 is 13.6 Å². The number of carbonyl (C=O) groups is 1. The Bertz CT molecular complexity index is 750. The Kier molecular flexibility index (Phi) is 5.75. The van der Waals surface area contributed by atoms with Gasteiger partial charge in [0.05, 0.1) is 0 Å². The molecule has 1 heterocycles. The van der Waals surface area contributed by atoms with Gasteiger partial charge >= 0.3 is 0 Å². The third-order valence-electron chi connectivity index (χ3n) is 4.35. The molecule has 1 N–H and O–H groups in total. The van der Waals surface area contributed by atoms with Gasteiger partial charge in [0, 0.05) is 18.8 Å². The topological polar surface area (TPSA) is 34.0 Å². The Morgan fingerprint density at radius 1 is 1.17 bits per heavy atom. The zero-order valence-corrected chi connectivity index (χ0v) is 14.7. The van der Waals surface area contributed by atoms with Crippen LogP contribution in [0.2, 0.25) is 0 Å². The van der Waals surface area contributed by atoms with Crippen LogP contribution in [0.15, 0.2) is 18.2 Å². The third kappa shape index (κ3) is 3.50. The highest BCUT2D eigenvalue weighted by molar-refractivity contribution is 5.95. The van der Waals surface area contributed by atoms with E-state index in [-0.39, 0.29) is 5.91 Å². The van der Waals surface area contributed by atoms with Crippen LogP contribution < -0.4 is 5.32 Å². The lowest BCUT2D eigenvalue weighted by Crippen LogP contribution is -2.27. The number of nitrogens with zero attached hydrogens (tertiary/aromatic N) is 1. The van der Waals surface area contributed by atoms with E-state index in [0.29, 0.717) is 24.3 Å². The van der Waals surface area contributed by atoms with Crippen LogP contribution in [0, 0.1) is 25.5 Å². The number of amides is 1. The average molecular weight is 334 g/mol. The van der Waals surface area contributed by atoms with Crippen molar-refractivity contribution in [2.24, 2.45) is 0 Å². The molecule has 0 aliphatic carbocycles. The minimum atomic E-state index is -0.873. The summed E-state index contributed by atoms with van der Waals surface area (Å²) in [6, 6.07) is 3.85. The summed E-state index contributed by atoms with van der Waals surface area (Å²) in [6.07, 6.45) is 1.67. The Morgan fingerprint density at radius 2 is 1.88 bits per heavy atom. The standard InChI is InChI=1S/C19H24F2N2O/c1-5-9-22-19(24)18-12(3)15(6-2)13(4)23(18)11-14-7-8-16(20)17(21)10-14/h7-8,10H,5-6,9,11H2,1-4H3,(H,22,24). The van der Waals surface area contributed by atoms with Gasteiger partial charge in [0.15, 0.2) is 11.6 Å². The number of halogens is 2. The van der Waals surface area contributed by atoms with Crippen molar-refractivity contribution >= 4 is 5.91 Å². The van der Waals surface area contributed by atoms with Gasteiger partial charge in [-0.25, -0.2) is 8.78 Å². The van der Waals surface area contributed by atoms with Crippen molar-refractivity contribution in [3.8, 4) is 0 Å². The largest absolute Gasteiger partial charge is 0.351 e. The van der Waals surface area contributed by atoms with Crippen molar-refractivity contribution in [1.82, 2.24) is 9.88 Å². The van der Waals surface area contributed by atoms with E-state index < -0.39 is 11.6 Å². The maximum absolute atomic E-state index is 13.5. The molecular weight excluding hydrogens is 310 g/mol. The Morgan fingerprint density at radius 3 is 2.46 bits per heavy atom. The van der Waals surface area contributed by atoms with Gasteiger partial charge in [0.2, 0.25) is 0 Å². The molecule has 2 rings (SSSR count). The number of hydrogen-bond acceptors (Lipinski definition) is 1. The number of aromatic nitrogens is 1. The van der Waals surface area contributed by atoms with Crippen LogP contribution in [0.25, 0.3) is 0 Å². The van der Waals surface area contributed by atoms with Gasteiger partial charge in [-0.1, -0.05) is 19.9 Å². The summed E-state index contributed by atoms with van der Waals surface area (Å²) in [5.74, 6) is -1.87. The third-order valence-corrected chi connectivity index (χ3v) is 4.35. The van der Waals surface area contributed by atoms with E-state index in [9.17, 15) is 13.6 Å². The number of rotatable bonds is 6. The van der Waals surface area contributed by atoms with Crippen molar-refractivity contribution in [3.63, 3.8) is 0 Å². The zero-order chi connectivity index (χ0) is 17.9. The first kappa shape index (κ1) is 18.2. The second kappa shape index (κ2) is 7.60. The second-order valence-corrected chi connectivity index (χ2v) is 5.98. The molecule has 0 aliphatic heterocycles. The first-order valence-corrected chi connectivity index (χ1v) is 8.31. The van der Waals surface area contributed by atoms with Gasteiger partial charge in [0.1, 0.15) is 5.69 Å². The predicted molar refractivity (Wildman–Crippen MR) is 91.4 cm³/mol. The Labute approximate surface area is 141 Å². The smallest absolute Gasteiger partial charge is 0.268 e. The molecule has 0 bridgehead atoms. The van der Waals surface area contributed by atoms with Crippen LogP contribution in [-0.4, -0.2) is 17.0 Å². The average Bonchev–Trinajstić information content (AvgIpc) is 2.79. The molecule has 0 saturated heterocycles. The monoisotopic (exact) mass is 334 g/mol. The quantitative estimate of drug-likeness (QED) is 0.847. The summed E-state index contributed by atoms with van der Waals surface area (Å²) in [6.45, 7) is 8.88. The summed E-state index contributed by atoms with van der Waals surface area (Å²) in [5.41, 5.74) is 4.29. The molecule has 1 amide bonds. The van der Waals surface area contributed by atoms with E-state index in [1.165, 1.54) is 6.07 Å². The van der Waals surface area contributed by atoms with Crippen LogP contribution in [0.4, 0.5) is 8.78 Å². The molecule has 1 aromatic carbocycles. The predicted octanol–water partition coefficient (Wildman–Crippen LogP) is 4.13. The molecule has 0 aliphatic rings. The molecule has 0 saturated carbocycles. The summed E-state index contributed by atoms with van der Waals surface area (Å²) in [5, 5.41) is 2.91. The minimum absolute atomic E-state index is 0.125. The maximum Gasteiger partial charge on any atom is 0.268 e. The first-order valence-electron chi connectivity index (χ1n) is 8.31. The van der Waals surface area contributed by atoms with Gasteiger partial charge in [0.25, 0.3) is 5.91 Å². The number of benzene rings is 1. The lowest BCUT2D eigenvalue weighted by molar-refractivity contribution is 0.0944. The molecule has 0 unspecified atom stereocenters. The zero-order valence-electron chi connectivity index (χ0n) is 14.7. The van der Waals surface area contributed by atoms with E-state index in [0.717, 1.165) is 35.7 Å². The fourth-order valence-corrected chi connectivity index (χ4v) is 3.10. The lowest BCUT2D eigenvalue weighted by atomic mass is 10.1. The maximum atomic E-state index is 13.5. The van der Waals surface area contributed by atoms with E-state index in [1.807, 2.05) is 32.3 Å². The van der Waals surface area contributed by atoms with Gasteiger partial charge in [-0.05, 0) is 55.5 Å². The number of carbonyl (C=O) groups excluding carboxylic acids is 1. The Hall–Kier alpha value is -2.17. The van der Waals surface area contributed by atoms with E-state index in [2.05, 4.69) is 5.32 Å². The molecule has 1 aromatic heterocycles. The van der Waals surface area contributed by atoms with Gasteiger partial charge in [-0.3, -0.25) is 4.79 Å². The summed E-state index contributed by atoms with van der Waals surface area (Å²) >= 11 is 0. The van der Waals surface area contributed by atoms with Crippen LogP contribution in [-0.2, 0) is 13.0 Å². The summed E-state index contributed by atoms with van der Waals surface area (Å²) < 4.78 is 28.5. The van der Waals surface area contributed by atoms with E-state index in [4.69, 9.17) is 0 Å². The van der Waals surface area contributed by atoms with Crippen LogP contribution in [0.1, 0.15) is 53.1 Å². The second-order valence-electron chi connectivity index (χ2n) is 5.98. The van der Waals surface area contributed by atoms with E-state index >= 15 is 0 Å². The summed E-state index contributed by atoms with van der Waals surface area (Å²) in [4.78, 5) is 12.6. The SMILES string of the molecule is CCCNC(=O)c1c(C)c(CC)c(C)n1Cc1ccc(F)c(F)c1. The lowest BCUT2D eigenvalue weighted by Gasteiger charge is -2.13. The molecule has 0 spiro atoms. The molecule has 0 radical (unpaired) electrons. The van der Waals surface area contributed by atoms with E-state index in [1.54, 1.807) is 6.07 Å². The van der Waals surface area contributed by atoms with Crippen LogP contribution in [0.3, 0.4) is 0 Å². The number of hydrogen-bond donors (Lipinski definition) is 1. The van der Waals surface area contributed by atoms with Crippen LogP contribution in [0.5, 0.6) is 0 Å². The van der Waals surface area contributed by atoms with Gasteiger partial charge < -0.3 is 9.88 Å². The molecule has 2 aromatic rings. The fraction of sp³-hybridized carbons (Fsp3) is 0.421. The fourth-order valence-electron chi connectivity index (χ4n) is 3.10. The van der Waals surface area contributed by atoms with Crippen molar-refractivity contribution in [1.29, 1.82) is 0 Å². The van der Waals surface area contributed by atoms with Crippen molar-refractivity contribution in [2.75, 3.05) is 6.54 Å².